The smallest absolute Gasteiger partial charge is 0.273 e. The van der Waals surface area contributed by atoms with Gasteiger partial charge in [-0.3, -0.25) is 10.1 Å². The molecule has 1 rings (SSSR count). The Balaban J connectivity index is 3.03. The molecule has 15 heavy (non-hydrogen) atoms. The van der Waals surface area contributed by atoms with E-state index in [1.54, 1.807) is 0 Å². The van der Waals surface area contributed by atoms with Crippen molar-refractivity contribution in [3.8, 4) is 11.5 Å². The minimum Gasteiger partial charge on any atom is -0.493 e. The third kappa shape index (κ3) is 2.81. The highest BCUT2D eigenvalue weighted by Gasteiger charge is 2.13. The van der Waals surface area contributed by atoms with Gasteiger partial charge in [0, 0.05) is 6.07 Å². The maximum atomic E-state index is 10.5. The van der Waals surface area contributed by atoms with E-state index in [9.17, 15) is 10.1 Å². The number of nitro benzene ring substituents is 1. The zero-order chi connectivity index (χ0) is 11.4. The van der Waals surface area contributed by atoms with Crippen LogP contribution in [0.4, 0.5) is 5.69 Å². The van der Waals surface area contributed by atoms with Crippen molar-refractivity contribution in [1.82, 2.24) is 0 Å². The average Bonchev–Trinajstić information content (AvgIpc) is 2.17. The maximum absolute atomic E-state index is 10.5. The van der Waals surface area contributed by atoms with Crippen molar-refractivity contribution < 1.29 is 19.5 Å². The number of aliphatic hydroxyl groups excluding tert-OH is 1. The van der Waals surface area contributed by atoms with Crippen LogP contribution < -0.4 is 9.47 Å². The van der Waals surface area contributed by atoms with E-state index in [4.69, 9.17) is 14.6 Å². The zero-order valence-electron chi connectivity index (χ0n) is 8.34. The molecule has 0 saturated carbocycles. The van der Waals surface area contributed by atoms with Gasteiger partial charge in [0.15, 0.2) is 17.8 Å². The highest BCUT2D eigenvalue weighted by Crippen LogP contribution is 2.31. The molecule has 0 bridgehead atoms. The molecule has 0 radical (unpaired) electrons. The van der Waals surface area contributed by atoms with Gasteiger partial charge in [-0.25, -0.2) is 0 Å². The number of methoxy groups -OCH3 is 1. The van der Waals surface area contributed by atoms with Crippen LogP contribution in [0.3, 0.4) is 0 Å². The van der Waals surface area contributed by atoms with E-state index in [0.717, 1.165) is 0 Å². The van der Waals surface area contributed by atoms with Crippen molar-refractivity contribution in [2.45, 2.75) is 13.2 Å². The summed E-state index contributed by atoms with van der Waals surface area (Å²) in [7, 11) is 1.37. The maximum Gasteiger partial charge on any atom is 0.273 e. The molecule has 0 amide bonds. The molecule has 1 aromatic rings. The normalized spacial score (nSPS) is 11.9. The van der Waals surface area contributed by atoms with Gasteiger partial charge in [-0.15, -0.1) is 0 Å². The molecule has 0 fully saturated rings. The Morgan fingerprint density at radius 2 is 2.13 bits per heavy atom. The predicted molar refractivity (Wildman–Crippen MR) is 52.0 cm³/mol. The zero-order valence-corrected chi connectivity index (χ0v) is 8.34. The van der Waals surface area contributed by atoms with Gasteiger partial charge in [0.25, 0.3) is 5.69 Å². The molecule has 0 aromatic heterocycles. The first-order valence-corrected chi connectivity index (χ1v) is 4.21. The Kier molecular flexibility index (Phi) is 3.46. The molecule has 0 spiro atoms. The van der Waals surface area contributed by atoms with Gasteiger partial charge in [0.1, 0.15) is 0 Å². The second-order valence-corrected chi connectivity index (χ2v) is 2.81. The van der Waals surface area contributed by atoms with E-state index in [0.29, 0.717) is 0 Å². The molecule has 0 heterocycles. The molecule has 1 atom stereocenters. The van der Waals surface area contributed by atoms with Crippen LogP contribution in [-0.4, -0.2) is 23.4 Å². The summed E-state index contributed by atoms with van der Waals surface area (Å²) < 4.78 is 9.88. The highest BCUT2D eigenvalue weighted by atomic mass is 16.6. The van der Waals surface area contributed by atoms with E-state index in [1.165, 1.54) is 32.2 Å². The summed E-state index contributed by atoms with van der Waals surface area (Å²) in [5, 5.41) is 19.5. The van der Waals surface area contributed by atoms with Crippen molar-refractivity contribution in [2.24, 2.45) is 0 Å². The Bertz CT molecular complexity index is 364. The third-order valence-corrected chi connectivity index (χ3v) is 1.66. The van der Waals surface area contributed by atoms with Gasteiger partial charge in [-0.2, -0.15) is 0 Å². The second-order valence-electron chi connectivity index (χ2n) is 2.81. The number of nitro groups is 1. The highest BCUT2D eigenvalue weighted by molar-refractivity contribution is 5.48. The first-order valence-electron chi connectivity index (χ1n) is 4.21. The van der Waals surface area contributed by atoms with Gasteiger partial charge in [0.05, 0.1) is 18.1 Å². The van der Waals surface area contributed by atoms with Crippen LogP contribution in [0.5, 0.6) is 11.5 Å². The van der Waals surface area contributed by atoms with E-state index in [1.807, 2.05) is 0 Å². The van der Waals surface area contributed by atoms with Crippen LogP contribution in [0.25, 0.3) is 0 Å². The number of aliphatic hydroxyl groups is 1. The molecule has 1 N–H and O–H groups in total. The van der Waals surface area contributed by atoms with Crippen molar-refractivity contribution in [2.75, 3.05) is 7.11 Å². The van der Waals surface area contributed by atoms with Crippen molar-refractivity contribution in [3.05, 3.63) is 28.3 Å². The summed E-state index contributed by atoms with van der Waals surface area (Å²) >= 11 is 0. The number of hydrogen-bond donors (Lipinski definition) is 1. The Morgan fingerprint density at radius 1 is 1.47 bits per heavy atom. The van der Waals surface area contributed by atoms with Crippen LogP contribution in [0.1, 0.15) is 6.92 Å². The molecule has 82 valence electrons. The minimum absolute atomic E-state index is 0.0928. The molecule has 0 aliphatic carbocycles. The van der Waals surface area contributed by atoms with Crippen LogP contribution in [0.15, 0.2) is 18.2 Å². The van der Waals surface area contributed by atoms with E-state index < -0.39 is 11.2 Å². The predicted octanol–water partition coefficient (Wildman–Crippen LogP) is 1.32. The summed E-state index contributed by atoms with van der Waals surface area (Å²) in [6.45, 7) is 1.43. The monoisotopic (exact) mass is 213 g/mol. The summed E-state index contributed by atoms with van der Waals surface area (Å²) in [4.78, 5) is 9.93. The number of hydrogen-bond acceptors (Lipinski definition) is 5. The average molecular weight is 213 g/mol. The largest absolute Gasteiger partial charge is 0.493 e. The fraction of sp³-hybridized carbons (Fsp3) is 0.333. The molecule has 1 unspecified atom stereocenters. The first-order chi connectivity index (χ1) is 7.04. The number of benzene rings is 1. The molecule has 0 saturated heterocycles. The lowest BCUT2D eigenvalue weighted by molar-refractivity contribution is -0.385. The van der Waals surface area contributed by atoms with Gasteiger partial charge in [-0.1, -0.05) is 0 Å². The van der Waals surface area contributed by atoms with Gasteiger partial charge in [-0.05, 0) is 13.0 Å². The summed E-state index contributed by atoms with van der Waals surface area (Å²) in [5.41, 5.74) is -0.0928. The van der Waals surface area contributed by atoms with Crippen LogP contribution >= 0.6 is 0 Å². The van der Waals surface area contributed by atoms with Crippen LogP contribution in [0.2, 0.25) is 0 Å². The molecule has 6 nitrogen and oxygen atoms in total. The van der Waals surface area contributed by atoms with Crippen LogP contribution in [0, 0.1) is 10.1 Å². The number of ether oxygens (including phenoxy) is 2. The quantitative estimate of drug-likeness (QED) is 0.463. The van der Waals surface area contributed by atoms with Crippen LogP contribution in [-0.2, 0) is 0 Å². The number of nitrogens with zero attached hydrogens (tertiary/aromatic N) is 1. The van der Waals surface area contributed by atoms with E-state index in [2.05, 4.69) is 0 Å². The fourth-order valence-corrected chi connectivity index (χ4v) is 1.05. The second kappa shape index (κ2) is 4.61. The fourth-order valence-electron chi connectivity index (χ4n) is 1.05. The lowest BCUT2D eigenvalue weighted by Crippen LogP contribution is -2.10. The molecular formula is C9H11NO5. The Hall–Kier alpha value is -1.82. The molecule has 0 aliphatic rings. The Labute approximate surface area is 86.2 Å². The van der Waals surface area contributed by atoms with Crippen molar-refractivity contribution >= 4 is 5.69 Å². The standard InChI is InChI=1S/C9H11NO5/c1-6(11)15-8-4-3-7(10(12)13)5-9(8)14-2/h3-6,11H,1-2H3. The summed E-state index contributed by atoms with van der Waals surface area (Å²) in [6, 6.07) is 3.89. The lowest BCUT2D eigenvalue weighted by Gasteiger charge is -2.11. The van der Waals surface area contributed by atoms with E-state index >= 15 is 0 Å². The third-order valence-electron chi connectivity index (χ3n) is 1.66. The lowest BCUT2D eigenvalue weighted by atomic mass is 10.3. The van der Waals surface area contributed by atoms with Gasteiger partial charge in [0.2, 0.25) is 0 Å². The molecular weight excluding hydrogens is 202 g/mol. The summed E-state index contributed by atoms with van der Waals surface area (Å²) in [6.07, 6.45) is -1.000. The van der Waals surface area contributed by atoms with Gasteiger partial charge < -0.3 is 14.6 Å². The van der Waals surface area contributed by atoms with E-state index in [-0.39, 0.29) is 17.2 Å². The van der Waals surface area contributed by atoms with Gasteiger partial charge >= 0.3 is 0 Å². The minimum atomic E-state index is -1.000. The SMILES string of the molecule is COc1cc([N+](=O)[O-])ccc1OC(C)O. The van der Waals surface area contributed by atoms with Crippen molar-refractivity contribution in [1.29, 1.82) is 0 Å². The number of rotatable bonds is 4. The number of non-ortho nitro benzene ring substituents is 1. The first kappa shape index (κ1) is 11.3. The Morgan fingerprint density at radius 3 is 2.60 bits per heavy atom. The molecule has 6 heteroatoms. The molecule has 0 aliphatic heterocycles. The summed E-state index contributed by atoms with van der Waals surface area (Å²) in [5.74, 6) is 0.475. The molecule has 1 aromatic carbocycles. The van der Waals surface area contributed by atoms with Crippen molar-refractivity contribution in [3.63, 3.8) is 0 Å². The topological polar surface area (TPSA) is 81.8 Å².